The minimum atomic E-state index is -0.439. The first kappa shape index (κ1) is 19.7. The number of H-pyrrole nitrogens is 1. The highest BCUT2D eigenvalue weighted by Gasteiger charge is 2.16. The van der Waals surface area contributed by atoms with Crippen molar-refractivity contribution in [1.82, 2.24) is 9.88 Å². The van der Waals surface area contributed by atoms with Gasteiger partial charge < -0.3 is 25.0 Å². The monoisotopic (exact) mass is 401 g/mol. The van der Waals surface area contributed by atoms with Crippen molar-refractivity contribution >= 4 is 34.2 Å². The molecule has 28 heavy (non-hydrogen) atoms. The summed E-state index contributed by atoms with van der Waals surface area (Å²) in [6, 6.07) is 13.4. The van der Waals surface area contributed by atoms with Crippen LogP contribution in [0.25, 0.3) is 10.9 Å². The maximum absolute atomic E-state index is 12.6. The number of carbonyl (C=O) groups is 1. The van der Waals surface area contributed by atoms with Crippen molar-refractivity contribution in [3.05, 3.63) is 69.5 Å². The standard InChI is InChI=1S/C20H20ClN3O4/c1-28-17-6-5-13-9-14(19(26)23-18(13)11-17)12-24(7-8-25)20(27)22-16-4-2-3-15(21)10-16/h2-6,9-11,25H,7-8,12H2,1H3,(H,22,27)(H,23,26). The lowest BCUT2D eigenvalue weighted by Gasteiger charge is -2.22. The summed E-state index contributed by atoms with van der Waals surface area (Å²) in [4.78, 5) is 29.2. The van der Waals surface area contributed by atoms with E-state index in [-0.39, 0.29) is 25.3 Å². The van der Waals surface area contributed by atoms with Crippen molar-refractivity contribution in [2.75, 3.05) is 25.6 Å². The van der Waals surface area contributed by atoms with Gasteiger partial charge in [-0.1, -0.05) is 17.7 Å². The Morgan fingerprint density at radius 2 is 2.07 bits per heavy atom. The molecule has 1 aromatic heterocycles. The van der Waals surface area contributed by atoms with Crippen LogP contribution in [-0.2, 0) is 6.54 Å². The summed E-state index contributed by atoms with van der Waals surface area (Å²) in [5.41, 5.74) is 1.27. The van der Waals surface area contributed by atoms with Gasteiger partial charge in [-0.05, 0) is 41.8 Å². The molecule has 0 saturated heterocycles. The number of halogens is 1. The summed E-state index contributed by atoms with van der Waals surface area (Å²) in [7, 11) is 1.55. The Hall–Kier alpha value is -3.03. The molecular weight excluding hydrogens is 382 g/mol. The zero-order chi connectivity index (χ0) is 20.1. The zero-order valence-corrected chi connectivity index (χ0v) is 16.0. The van der Waals surface area contributed by atoms with Gasteiger partial charge in [-0.25, -0.2) is 4.79 Å². The number of carbonyl (C=O) groups excluding carboxylic acids is 1. The number of ether oxygens (including phenoxy) is 1. The molecule has 0 aliphatic carbocycles. The maximum Gasteiger partial charge on any atom is 0.322 e. The lowest BCUT2D eigenvalue weighted by Crippen LogP contribution is -2.38. The fourth-order valence-electron chi connectivity index (χ4n) is 2.82. The molecule has 2 aromatic carbocycles. The third-order valence-electron chi connectivity index (χ3n) is 4.22. The van der Waals surface area contributed by atoms with Gasteiger partial charge in [-0.15, -0.1) is 0 Å². The molecule has 0 fully saturated rings. The number of aromatic nitrogens is 1. The zero-order valence-electron chi connectivity index (χ0n) is 15.2. The van der Waals surface area contributed by atoms with Crippen LogP contribution in [0.4, 0.5) is 10.5 Å². The predicted octanol–water partition coefficient (Wildman–Crippen LogP) is 3.22. The highest BCUT2D eigenvalue weighted by Crippen LogP contribution is 2.19. The van der Waals surface area contributed by atoms with Gasteiger partial charge in [0, 0.05) is 28.9 Å². The van der Waals surface area contributed by atoms with E-state index < -0.39 is 6.03 Å². The van der Waals surface area contributed by atoms with Crippen molar-refractivity contribution in [2.24, 2.45) is 0 Å². The van der Waals surface area contributed by atoms with Crippen LogP contribution in [0, 0.1) is 0 Å². The SMILES string of the molecule is COc1ccc2cc(CN(CCO)C(=O)Nc3cccc(Cl)c3)c(=O)[nH]c2c1. The number of anilines is 1. The summed E-state index contributed by atoms with van der Waals surface area (Å²) >= 11 is 5.94. The van der Waals surface area contributed by atoms with Crippen molar-refractivity contribution in [1.29, 1.82) is 0 Å². The Balaban J connectivity index is 1.84. The number of aliphatic hydroxyl groups excluding tert-OH is 1. The third-order valence-corrected chi connectivity index (χ3v) is 4.46. The molecule has 0 radical (unpaired) electrons. The first-order valence-corrected chi connectivity index (χ1v) is 9.00. The summed E-state index contributed by atoms with van der Waals surface area (Å²) in [6.07, 6.45) is 0. The predicted molar refractivity (Wildman–Crippen MR) is 109 cm³/mol. The number of hydrogen-bond donors (Lipinski definition) is 3. The minimum Gasteiger partial charge on any atom is -0.497 e. The van der Waals surface area contributed by atoms with E-state index in [0.717, 1.165) is 5.39 Å². The van der Waals surface area contributed by atoms with E-state index in [1.807, 2.05) is 6.07 Å². The molecule has 7 nitrogen and oxygen atoms in total. The molecule has 0 atom stereocenters. The number of methoxy groups -OCH3 is 1. The molecule has 0 bridgehead atoms. The second-order valence-electron chi connectivity index (χ2n) is 6.16. The first-order chi connectivity index (χ1) is 13.5. The Kier molecular flexibility index (Phi) is 6.18. The molecule has 0 spiro atoms. The van der Waals surface area contributed by atoms with Crippen LogP contribution in [0.1, 0.15) is 5.56 Å². The lowest BCUT2D eigenvalue weighted by molar-refractivity contribution is 0.185. The number of hydrogen-bond acceptors (Lipinski definition) is 4. The van der Waals surface area contributed by atoms with Crippen molar-refractivity contribution in [2.45, 2.75) is 6.54 Å². The highest BCUT2D eigenvalue weighted by molar-refractivity contribution is 6.30. The number of benzene rings is 2. The molecule has 3 aromatic rings. The number of aromatic amines is 1. The van der Waals surface area contributed by atoms with Gasteiger partial charge in [0.1, 0.15) is 5.75 Å². The van der Waals surface area contributed by atoms with Gasteiger partial charge in [0.2, 0.25) is 0 Å². The fraction of sp³-hybridized carbons (Fsp3) is 0.200. The van der Waals surface area contributed by atoms with Gasteiger partial charge in [0.05, 0.1) is 25.8 Å². The van der Waals surface area contributed by atoms with Crippen LogP contribution in [0.3, 0.4) is 0 Å². The van der Waals surface area contributed by atoms with Crippen LogP contribution in [-0.4, -0.2) is 41.3 Å². The van der Waals surface area contributed by atoms with E-state index in [2.05, 4.69) is 10.3 Å². The Morgan fingerprint density at radius 1 is 1.25 bits per heavy atom. The number of nitrogens with one attached hydrogen (secondary N) is 2. The molecule has 1 heterocycles. The Bertz CT molecular complexity index is 1050. The largest absolute Gasteiger partial charge is 0.497 e. The molecule has 0 saturated carbocycles. The number of nitrogens with zero attached hydrogens (tertiary/aromatic N) is 1. The number of rotatable bonds is 6. The smallest absolute Gasteiger partial charge is 0.322 e. The Labute approximate surface area is 166 Å². The van der Waals surface area contributed by atoms with Gasteiger partial charge in [-0.2, -0.15) is 0 Å². The third kappa shape index (κ3) is 4.62. The second kappa shape index (κ2) is 8.77. The van der Waals surface area contributed by atoms with E-state index >= 15 is 0 Å². The minimum absolute atomic E-state index is 0.0459. The van der Waals surface area contributed by atoms with Gasteiger partial charge in [-0.3, -0.25) is 4.79 Å². The molecule has 0 aliphatic heterocycles. The number of amides is 2. The summed E-state index contributed by atoms with van der Waals surface area (Å²) in [6.45, 7) is -0.109. The molecule has 3 N–H and O–H groups in total. The molecule has 3 rings (SSSR count). The molecule has 2 amide bonds. The van der Waals surface area contributed by atoms with E-state index in [0.29, 0.717) is 27.5 Å². The van der Waals surface area contributed by atoms with Crippen LogP contribution in [0.2, 0.25) is 5.02 Å². The van der Waals surface area contributed by atoms with E-state index in [4.69, 9.17) is 16.3 Å². The number of urea groups is 1. The molecule has 0 unspecified atom stereocenters. The van der Waals surface area contributed by atoms with Crippen LogP contribution < -0.4 is 15.6 Å². The number of fused-ring (bicyclic) bond motifs is 1. The van der Waals surface area contributed by atoms with Crippen LogP contribution in [0.15, 0.2) is 53.3 Å². The molecular formula is C20H20ClN3O4. The van der Waals surface area contributed by atoms with Crippen LogP contribution in [0.5, 0.6) is 5.75 Å². The van der Waals surface area contributed by atoms with Gasteiger partial charge in [0.15, 0.2) is 0 Å². The quantitative estimate of drug-likeness (QED) is 0.591. The Morgan fingerprint density at radius 3 is 2.79 bits per heavy atom. The van der Waals surface area contributed by atoms with Gasteiger partial charge in [0.25, 0.3) is 5.56 Å². The lowest BCUT2D eigenvalue weighted by atomic mass is 10.1. The van der Waals surface area contributed by atoms with Gasteiger partial charge >= 0.3 is 6.03 Å². The van der Waals surface area contributed by atoms with Crippen molar-refractivity contribution in [3.63, 3.8) is 0 Å². The maximum atomic E-state index is 12.6. The normalized spacial score (nSPS) is 10.7. The topological polar surface area (TPSA) is 94.7 Å². The summed E-state index contributed by atoms with van der Waals surface area (Å²) < 4.78 is 5.16. The fourth-order valence-corrected chi connectivity index (χ4v) is 3.01. The van der Waals surface area contributed by atoms with E-state index in [9.17, 15) is 14.7 Å². The number of aliphatic hydroxyl groups is 1. The van der Waals surface area contributed by atoms with Crippen LogP contribution >= 0.6 is 11.6 Å². The number of pyridine rings is 1. The average molecular weight is 402 g/mol. The summed E-state index contributed by atoms with van der Waals surface area (Å²) in [5, 5.41) is 13.4. The first-order valence-electron chi connectivity index (χ1n) is 8.62. The molecule has 0 aliphatic rings. The second-order valence-corrected chi connectivity index (χ2v) is 6.60. The average Bonchev–Trinajstić information content (AvgIpc) is 2.67. The highest BCUT2D eigenvalue weighted by atomic mass is 35.5. The van der Waals surface area contributed by atoms with E-state index in [1.165, 1.54) is 4.90 Å². The van der Waals surface area contributed by atoms with Crippen molar-refractivity contribution < 1.29 is 14.6 Å². The van der Waals surface area contributed by atoms with Crippen molar-refractivity contribution in [3.8, 4) is 5.75 Å². The summed E-state index contributed by atoms with van der Waals surface area (Å²) in [5.74, 6) is 0.638. The molecule has 146 valence electrons. The van der Waals surface area contributed by atoms with E-state index in [1.54, 1.807) is 49.6 Å². The molecule has 8 heteroatoms.